The zero-order valence-electron chi connectivity index (χ0n) is 9.56. The average molecular weight is 222 g/mol. The van der Waals surface area contributed by atoms with Gasteiger partial charge in [-0.3, -0.25) is 0 Å². The first-order valence-electron chi connectivity index (χ1n) is 5.62. The molecule has 0 spiro atoms. The molecule has 0 atom stereocenters. The van der Waals surface area contributed by atoms with Crippen LogP contribution in [0.4, 0.5) is 5.69 Å². The average Bonchev–Trinajstić information content (AvgIpc) is 2.37. The van der Waals surface area contributed by atoms with Crippen molar-refractivity contribution in [1.29, 1.82) is 5.26 Å². The lowest BCUT2D eigenvalue weighted by atomic mass is 9.99. The smallest absolute Gasteiger partial charge is 0.102 e. The number of nitrogen functional groups attached to an aromatic ring is 1. The van der Waals surface area contributed by atoms with Gasteiger partial charge in [-0.25, -0.2) is 0 Å². The Morgan fingerprint density at radius 2 is 1.71 bits per heavy atom. The van der Waals surface area contributed by atoms with E-state index >= 15 is 0 Å². The second kappa shape index (κ2) is 5.18. The summed E-state index contributed by atoms with van der Waals surface area (Å²) in [5.41, 5.74) is 9.26. The molecule has 0 aromatic heterocycles. The maximum Gasteiger partial charge on any atom is 0.102 e. The lowest BCUT2D eigenvalue weighted by Crippen LogP contribution is -1.98. The Morgan fingerprint density at radius 1 is 0.941 bits per heavy atom. The SMILES string of the molecule is N#Cc1c(N)cccc1CCc1ccccc1. The van der Waals surface area contributed by atoms with E-state index in [-0.39, 0.29) is 0 Å². The van der Waals surface area contributed by atoms with Crippen LogP contribution in [0.2, 0.25) is 0 Å². The van der Waals surface area contributed by atoms with Crippen molar-refractivity contribution in [2.45, 2.75) is 12.8 Å². The lowest BCUT2D eigenvalue weighted by molar-refractivity contribution is 0.956. The van der Waals surface area contributed by atoms with Crippen LogP contribution in [0.25, 0.3) is 0 Å². The molecule has 0 aliphatic carbocycles. The third-order valence-electron chi connectivity index (χ3n) is 2.82. The predicted molar refractivity (Wildman–Crippen MR) is 69.4 cm³/mol. The van der Waals surface area contributed by atoms with Crippen LogP contribution >= 0.6 is 0 Å². The second-order valence-corrected chi connectivity index (χ2v) is 3.98. The summed E-state index contributed by atoms with van der Waals surface area (Å²) in [5, 5.41) is 9.07. The van der Waals surface area contributed by atoms with Crippen LogP contribution < -0.4 is 5.73 Å². The van der Waals surface area contributed by atoms with E-state index in [0.717, 1.165) is 18.4 Å². The van der Waals surface area contributed by atoms with Crippen molar-refractivity contribution in [2.24, 2.45) is 0 Å². The summed E-state index contributed by atoms with van der Waals surface area (Å²) in [6, 6.07) is 18.1. The molecule has 0 heterocycles. The second-order valence-electron chi connectivity index (χ2n) is 3.98. The molecular formula is C15H14N2. The first-order chi connectivity index (χ1) is 8.31. The number of nitrogens with two attached hydrogens (primary N) is 1. The van der Waals surface area contributed by atoms with E-state index in [0.29, 0.717) is 11.3 Å². The molecule has 2 heteroatoms. The molecule has 0 unspecified atom stereocenters. The summed E-state index contributed by atoms with van der Waals surface area (Å²) in [6.45, 7) is 0. The van der Waals surface area contributed by atoms with E-state index in [4.69, 9.17) is 11.0 Å². The minimum Gasteiger partial charge on any atom is -0.398 e. The molecule has 0 saturated carbocycles. The molecule has 0 aliphatic heterocycles. The van der Waals surface area contributed by atoms with Crippen LogP contribution in [0.15, 0.2) is 48.5 Å². The zero-order chi connectivity index (χ0) is 12.1. The van der Waals surface area contributed by atoms with E-state index in [1.54, 1.807) is 6.07 Å². The van der Waals surface area contributed by atoms with Crippen molar-refractivity contribution >= 4 is 5.69 Å². The van der Waals surface area contributed by atoms with Crippen LogP contribution in [0.3, 0.4) is 0 Å². The molecule has 0 fully saturated rings. The minimum absolute atomic E-state index is 0.568. The van der Waals surface area contributed by atoms with E-state index in [1.165, 1.54) is 5.56 Å². The van der Waals surface area contributed by atoms with Gasteiger partial charge in [-0.2, -0.15) is 5.26 Å². The van der Waals surface area contributed by atoms with Gasteiger partial charge in [0.1, 0.15) is 6.07 Å². The van der Waals surface area contributed by atoms with Crippen LogP contribution in [0.1, 0.15) is 16.7 Å². The quantitative estimate of drug-likeness (QED) is 0.812. The van der Waals surface area contributed by atoms with Gasteiger partial charge in [-0.15, -0.1) is 0 Å². The number of aryl methyl sites for hydroxylation is 2. The molecule has 0 radical (unpaired) electrons. The van der Waals surface area contributed by atoms with Gasteiger partial charge in [0.15, 0.2) is 0 Å². The molecular weight excluding hydrogens is 208 g/mol. The third kappa shape index (κ3) is 2.64. The predicted octanol–water partition coefficient (Wildman–Crippen LogP) is 2.93. The Hall–Kier alpha value is -2.27. The molecule has 84 valence electrons. The first-order valence-corrected chi connectivity index (χ1v) is 5.62. The molecule has 2 rings (SSSR count). The van der Waals surface area contributed by atoms with Crippen molar-refractivity contribution in [2.75, 3.05) is 5.73 Å². The zero-order valence-corrected chi connectivity index (χ0v) is 9.56. The largest absolute Gasteiger partial charge is 0.398 e. The highest BCUT2D eigenvalue weighted by molar-refractivity contribution is 5.57. The van der Waals surface area contributed by atoms with E-state index < -0.39 is 0 Å². The maximum atomic E-state index is 9.07. The van der Waals surface area contributed by atoms with Gasteiger partial charge in [-0.05, 0) is 30.0 Å². The van der Waals surface area contributed by atoms with Crippen LogP contribution in [-0.4, -0.2) is 0 Å². The van der Waals surface area contributed by atoms with Crippen molar-refractivity contribution in [3.05, 3.63) is 65.2 Å². The van der Waals surface area contributed by atoms with Gasteiger partial charge in [0.05, 0.1) is 5.56 Å². The van der Waals surface area contributed by atoms with E-state index in [9.17, 15) is 0 Å². The van der Waals surface area contributed by atoms with Crippen molar-refractivity contribution in [1.82, 2.24) is 0 Å². The van der Waals surface area contributed by atoms with Crippen LogP contribution in [0, 0.1) is 11.3 Å². The highest BCUT2D eigenvalue weighted by Gasteiger charge is 2.05. The fourth-order valence-electron chi connectivity index (χ4n) is 1.89. The molecule has 0 saturated heterocycles. The standard InChI is InChI=1S/C15H14N2/c16-11-14-13(7-4-8-15(14)17)10-9-12-5-2-1-3-6-12/h1-8H,9-10,17H2. The highest BCUT2D eigenvalue weighted by Crippen LogP contribution is 2.17. The number of hydrogen-bond acceptors (Lipinski definition) is 2. The fourth-order valence-corrected chi connectivity index (χ4v) is 1.89. The van der Waals surface area contributed by atoms with Crippen molar-refractivity contribution in [3.63, 3.8) is 0 Å². The number of nitrogens with zero attached hydrogens (tertiary/aromatic N) is 1. The van der Waals surface area contributed by atoms with Crippen molar-refractivity contribution < 1.29 is 0 Å². The lowest BCUT2D eigenvalue weighted by Gasteiger charge is -2.06. The summed E-state index contributed by atoms with van der Waals surface area (Å²) < 4.78 is 0. The normalized spacial score (nSPS) is 9.82. The van der Waals surface area contributed by atoms with Gasteiger partial charge in [0.25, 0.3) is 0 Å². The van der Waals surface area contributed by atoms with Gasteiger partial charge in [0.2, 0.25) is 0 Å². The fraction of sp³-hybridized carbons (Fsp3) is 0.133. The number of benzene rings is 2. The first kappa shape index (κ1) is 11.2. The topological polar surface area (TPSA) is 49.8 Å². The summed E-state index contributed by atoms with van der Waals surface area (Å²) >= 11 is 0. The van der Waals surface area contributed by atoms with Crippen molar-refractivity contribution in [3.8, 4) is 6.07 Å². The van der Waals surface area contributed by atoms with E-state index in [1.807, 2.05) is 30.3 Å². The highest BCUT2D eigenvalue weighted by atomic mass is 14.6. The molecule has 2 nitrogen and oxygen atoms in total. The summed E-state index contributed by atoms with van der Waals surface area (Å²) in [7, 11) is 0. The Kier molecular flexibility index (Phi) is 3.42. The summed E-state index contributed by atoms with van der Waals surface area (Å²) in [5.74, 6) is 0. The molecule has 0 aliphatic rings. The number of rotatable bonds is 3. The number of hydrogen-bond donors (Lipinski definition) is 1. The summed E-state index contributed by atoms with van der Waals surface area (Å²) in [6.07, 6.45) is 1.77. The van der Waals surface area contributed by atoms with Gasteiger partial charge < -0.3 is 5.73 Å². The van der Waals surface area contributed by atoms with Gasteiger partial charge in [-0.1, -0.05) is 42.5 Å². The number of anilines is 1. The molecule has 2 N–H and O–H groups in total. The molecule has 2 aromatic rings. The Labute approximate surface area is 101 Å². The van der Waals surface area contributed by atoms with Crippen LogP contribution in [0.5, 0.6) is 0 Å². The van der Waals surface area contributed by atoms with Crippen LogP contribution in [-0.2, 0) is 12.8 Å². The molecule has 17 heavy (non-hydrogen) atoms. The third-order valence-corrected chi connectivity index (χ3v) is 2.82. The maximum absolute atomic E-state index is 9.07. The molecule has 0 amide bonds. The molecule has 0 bridgehead atoms. The number of nitriles is 1. The Bertz CT molecular complexity index is 539. The van der Waals surface area contributed by atoms with E-state index in [2.05, 4.69) is 18.2 Å². The monoisotopic (exact) mass is 222 g/mol. The minimum atomic E-state index is 0.568. The Morgan fingerprint density at radius 3 is 2.41 bits per heavy atom. The Balaban J connectivity index is 2.15. The van der Waals surface area contributed by atoms with Gasteiger partial charge in [0, 0.05) is 5.69 Å². The summed E-state index contributed by atoms with van der Waals surface area (Å²) in [4.78, 5) is 0. The molecule has 2 aromatic carbocycles. The van der Waals surface area contributed by atoms with Gasteiger partial charge >= 0.3 is 0 Å².